The Balaban J connectivity index is 2.53. The van der Waals surface area contributed by atoms with Gasteiger partial charge in [0.25, 0.3) is 0 Å². The van der Waals surface area contributed by atoms with Crippen molar-refractivity contribution in [2.45, 2.75) is 26.7 Å². The summed E-state index contributed by atoms with van der Waals surface area (Å²) in [5.74, 6) is 1.37. The monoisotopic (exact) mass is 466 g/mol. The van der Waals surface area contributed by atoms with Crippen molar-refractivity contribution in [3.8, 4) is 0 Å². The van der Waals surface area contributed by atoms with Crippen LogP contribution < -0.4 is 0 Å². The van der Waals surface area contributed by atoms with E-state index in [-0.39, 0.29) is 5.41 Å². The fourth-order valence-electron chi connectivity index (χ4n) is 3.48. The summed E-state index contributed by atoms with van der Waals surface area (Å²) in [6.45, 7) is 8.70. The van der Waals surface area contributed by atoms with Crippen LogP contribution >= 0.6 is 45.2 Å². The summed E-state index contributed by atoms with van der Waals surface area (Å²) in [4.78, 5) is 0. The minimum atomic E-state index is 0.265. The maximum Gasteiger partial charge on any atom is 0.0181 e. The molecular weight excluding hydrogens is 446 g/mol. The van der Waals surface area contributed by atoms with E-state index in [2.05, 4.69) is 83.8 Å². The van der Waals surface area contributed by atoms with E-state index in [1.54, 1.807) is 5.57 Å². The molecule has 1 fully saturated rings. The van der Waals surface area contributed by atoms with Gasteiger partial charge < -0.3 is 0 Å². The van der Waals surface area contributed by atoms with Crippen molar-refractivity contribution in [1.29, 1.82) is 0 Å². The highest BCUT2D eigenvalue weighted by Gasteiger charge is 2.48. The molecule has 2 aliphatic rings. The second-order valence-corrected chi connectivity index (χ2v) is 7.90. The molecule has 0 saturated heterocycles. The number of hydrogen-bond acceptors (Lipinski definition) is 0. The predicted molar refractivity (Wildman–Crippen MR) is 97.3 cm³/mol. The molecule has 98 valence electrons. The summed E-state index contributed by atoms with van der Waals surface area (Å²) >= 11 is 4.95. The van der Waals surface area contributed by atoms with Crippen molar-refractivity contribution < 1.29 is 0 Å². The van der Waals surface area contributed by atoms with Crippen LogP contribution in [0.1, 0.15) is 26.7 Å². The highest BCUT2D eigenvalue weighted by atomic mass is 127. The van der Waals surface area contributed by atoms with Crippen LogP contribution in [0.5, 0.6) is 0 Å². The van der Waals surface area contributed by atoms with Gasteiger partial charge in [-0.2, -0.15) is 0 Å². The van der Waals surface area contributed by atoms with Crippen molar-refractivity contribution in [2.24, 2.45) is 17.3 Å². The van der Waals surface area contributed by atoms with Gasteiger partial charge in [0.2, 0.25) is 0 Å². The minimum Gasteiger partial charge on any atom is -0.0991 e. The second kappa shape index (κ2) is 5.81. The van der Waals surface area contributed by atoms with E-state index in [4.69, 9.17) is 0 Å². The maximum atomic E-state index is 3.90. The smallest absolute Gasteiger partial charge is 0.0181 e. The van der Waals surface area contributed by atoms with Gasteiger partial charge in [-0.25, -0.2) is 0 Å². The molecule has 0 heterocycles. The van der Waals surface area contributed by atoms with Crippen molar-refractivity contribution in [3.63, 3.8) is 0 Å². The third-order valence-electron chi connectivity index (χ3n) is 4.30. The van der Waals surface area contributed by atoms with Gasteiger partial charge in [-0.15, -0.1) is 0 Å². The second-order valence-electron chi connectivity index (χ2n) is 5.64. The van der Waals surface area contributed by atoms with Gasteiger partial charge in [-0.05, 0) is 67.4 Å². The van der Waals surface area contributed by atoms with Gasteiger partial charge in [0.15, 0.2) is 0 Å². The lowest BCUT2D eigenvalue weighted by molar-refractivity contribution is 0.289. The Morgan fingerprint density at radius 1 is 1.50 bits per heavy atom. The van der Waals surface area contributed by atoms with Crippen LogP contribution in [0, 0.1) is 17.3 Å². The lowest BCUT2D eigenvalue weighted by Crippen LogP contribution is -2.23. The van der Waals surface area contributed by atoms with Gasteiger partial charge in [-0.1, -0.05) is 67.3 Å². The molecule has 1 saturated carbocycles. The highest BCUT2D eigenvalue weighted by molar-refractivity contribution is 14.1. The molecule has 2 heteroatoms. The molecule has 0 aliphatic heterocycles. The summed E-state index contributed by atoms with van der Waals surface area (Å²) < 4.78 is 2.63. The van der Waals surface area contributed by atoms with Gasteiger partial charge in [0.05, 0.1) is 0 Å². The first-order valence-corrected chi connectivity index (χ1v) is 9.08. The Kier molecular flexibility index (Phi) is 4.79. The summed E-state index contributed by atoms with van der Waals surface area (Å²) in [5, 5.41) is 0. The third-order valence-corrected chi connectivity index (χ3v) is 5.64. The maximum absolute atomic E-state index is 3.90. The molecule has 18 heavy (non-hydrogen) atoms. The zero-order chi connectivity index (χ0) is 13.3. The molecule has 2 aliphatic carbocycles. The van der Waals surface area contributed by atoms with Gasteiger partial charge in [-0.3, -0.25) is 0 Å². The molecule has 2 atom stereocenters. The average molecular weight is 466 g/mol. The van der Waals surface area contributed by atoms with Crippen LogP contribution in [0.15, 0.2) is 45.6 Å². The first kappa shape index (κ1) is 14.8. The largest absolute Gasteiger partial charge is 0.0991 e. The Labute approximate surface area is 138 Å². The number of rotatable bonds is 2. The molecule has 0 nitrogen and oxygen atoms in total. The number of alkyl halides is 1. The van der Waals surface area contributed by atoms with E-state index in [1.165, 1.54) is 22.0 Å². The molecule has 0 aromatic heterocycles. The Hall–Kier alpha value is 0.420. The summed E-state index contributed by atoms with van der Waals surface area (Å²) in [7, 11) is 0. The van der Waals surface area contributed by atoms with Crippen molar-refractivity contribution in [1.82, 2.24) is 0 Å². The van der Waals surface area contributed by atoms with Crippen LogP contribution in [-0.2, 0) is 0 Å². The fraction of sp³-hybridized carbons (Fsp3) is 0.500. The normalized spacial score (nSPS) is 34.6. The van der Waals surface area contributed by atoms with Crippen LogP contribution in [0.25, 0.3) is 0 Å². The van der Waals surface area contributed by atoms with E-state index in [0.29, 0.717) is 11.8 Å². The third kappa shape index (κ3) is 2.51. The molecule has 0 spiro atoms. The zero-order valence-electron chi connectivity index (χ0n) is 11.0. The SMILES string of the molecule is C=CC=C1/C(=C\CI)C(C)(C)C2C=C(I)CCC12. The van der Waals surface area contributed by atoms with E-state index < -0.39 is 0 Å². The molecule has 0 N–H and O–H groups in total. The molecule has 2 unspecified atom stereocenters. The zero-order valence-corrected chi connectivity index (χ0v) is 15.4. The summed E-state index contributed by atoms with van der Waals surface area (Å²) in [5.41, 5.74) is 3.35. The molecule has 0 amide bonds. The van der Waals surface area contributed by atoms with E-state index in [9.17, 15) is 0 Å². The van der Waals surface area contributed by atoms with Crippen LogP contribution in [0.3, 0.4) is 0 Å². The first-order valence-electron chi connectivity index (χ1n) is 6.48. The quantitative estimate of drug-likeness (QED) is 0.354. The predicted octanol–water partition coefficient (Wildman–Crippen LogP) is 5.85. The Morgan fingerprint density at radius 2 is 2.22 bits per heavy atom. The molecule has 2 rings (SSSR count). The molecule has 0 bridgehead atoms. The van der Waals surface area contributed by atoms with Crippen molar-refractivity contribution in [3.05, 3.63) is 45.6 Å². The Bertz CT molecular complexity index is 438. The fourth-order valence-corrected chi connectivity index (χ4v) is 4.62. The van der Waals surface area contributed by atoms with E-state index >= 15 is 0 Å². The molecule has 0 aromatic rings. The van der Waals surface area contributed by atoms with Crippen LogP contribution in [0.4, 0.5) is 0 Å². The van der Waals surface area contributed by atoms with Crippen molar-refractivity contribution in [2.75, 3.05) is 4.43 Å². The number of hydrogen-bond donors (Lipinski definition) is 0. The van der Waals surface area contributed by atoms with Gasteiger partial charge in [0, 0.05) is 4.43 Å². The van der Waals surface area contributed by atoms with Gasteiger partial charge >= 0.3 is 0 Å². The number of fused-ring (bicyclic) bond motifs is 1. The molecular formula is C16H20I2. The molecule has 0 radical (unpaired) electrons. The molecule has 0 aromatic carbocycles. The van der Waals surface area contributed by atoms with E-state index in [0.717, 1.165) is 4.43 Å². The number of allylic oxidation sites excluding steroid dienone is 7. The number of halogens is 2. The van der Waals surface area contributed by atoms with Crippen molar-refractivity contribution >= 4 is 45.2 Å². The van der Waals surface area contributed by atoms with Gasteiger partial charge in [0.1, 0.15) is 0 Å². The average Bonchev–Trinajstić information content (AvgIpc) is 2.52. The highest BCUT2D eigenvalue weighted by Crippen LogP contribution is 2.58. The standard InChI is InChI=1S/C16H20I2/c1-4-5-12-13-7-6-11(18)10-15(13)16(2,3)14(12)8-9-17/h4-5,8,10,13,15H,1,6-7,9H2,2-3H3/b12-5?,14-8+. The summed E-state index contributed by atoms with van der Waals surface area (Å²) in [6, 6.07) is 0. The topological polar surface area (TPSA) is 0 Å². The van der Waals surface area contributed by atoms with Crippen LogP contribution in [-0.4, -0.2) is 4.43 Å². The summed E-state index contributed by atoms with van der Waals surface area (Å²) in [6.07, 6.45) is 11.7. The van der Waals surface area contributed by atoms with E-state index in [1.807, 2.05) is 6.08 Å². The lowest BCUT2D eigenvalue weighted by Gasteiger charge is -2.31. The lowest BCUT2D eigenvalue weighted by atomic mass is 9.74. The minimum absolute atomic E-state index is 0.265. The first-order chi connectivity index (χ1) is 8.52. The Morgan fingerprint density at radius 3 is 2.83 bits per heavy atom. The van der Waals surface area contributed by atoms with Crippen LogP contribution in [0.2, 0.25) is 0 Å².